The maximum Gasteiger partial charge on any atom is 0.300 e. The van der Waals surface area contributed by atoms with Crippen molar-refractivity contribution in [1.82, 2.24) is 4.98 Å². The van der Waals surface area contributed by atoms with Crippen molar-refractivity contribution in [3.8, 4) is 17.2 Å². The third-order valence-electron chi connectivity index (χ3n) is 3.05. The zero-order chi connectivity index (χ0) is 18.4. The first-order chi connectivity index (χ1) is 11.9. The quantitative estimate of drug-likeness (QED) is 0.673. The molecule has 0 atom stereocenters. The van der Waals surface area contributed by atoms with Crippen LogP contribution >= 0.6 is 0 Å². The van der Waals surface area contributed by atoms with Gasteiger partial charge in [-0.05, 0) is 30.3 Å². The Morgan fingerprint density at radius 2 is 1.72 bits per heavy atom. The molecule has 0 unspecified atom stereocenters. The highest BCUT2D eigenvalue weighted by Crippen LogP contribution is 2.31. The number of hydrogen-bond donors (Lipinski definition) is 3. The maximum atomic E-state index is 11.1. The molecule has 2 aromatic carbocycles. The minimum absolute atomic E-state index is 0.140. The molecular formula is C18H16N2O5. The van der Waals surface area contributed by atoms with Crippen molar-refractivity contribution >= 4 is 22.6 Å². The molecule has 3 aromatic rings. The molecule has 0 aliphatic rings. The number of nitrogens with two attached hydrogens (primary N) is 1. The average Bonchev–Trinajstić information content (AvgIpc) is 2.55. The summed E-state index contributed by atoms with van der Waals surface area (Å²) < 4.78 is 5.70. The van der Waals surface area contributed by atoms with Crippen molar-refractivity contribution in [2.45, 2.75) is 6.92 Å². The Balaban J connectivity index is 0.000000511. The average molecular weight is 340 g/mol. The Hall–Kier alpha value is -3.61. The van der Waals surface area contributed by atoms with E-state index in [1.165, 1.54) is 6.20 Å². The number of pyridine rings is 1. The molecule has 3 rings (SSSR count). The Morgan fingerprint density at radius 3 is 2.32 bits per heavy atom. The van der Waals surface area contributed by atoms with Crippen LogP contribution in [0, 0.1) is 0 Å². The van der Waals surface area contributed by atoms with Crippen molar-refractivity contribution in [1.29, 1.82) is 0 Å². The Bertz CT molecular complexity index is 906. The van der Waals surface area contributed by atoms with Gasteiger partial charge in [0.05, 0.1) is 0 Å². The van der Waals surface area contributed by atoms with E-state index in [1.54, 1.807) is 18.2 Å². The van der Waals surface area contributed by atoms with Gasteiger partial charge in [0.1, 0.15) is 11.5 Å². The molecule has 0 bridgehead atoms. The number of aromatic hydroxyl groups is 1. The van der Waals surface area contributed by atoms with Crippen LogP contribution in [0.15, 0.2) is 54.7 Å². The van der Waals surface area contributed by atoms with Crippen molar-refractivity contribution < 1.29 is 24.5 Å². The van der Waals surface area contributed by atoms with Gasteiger partial charge in [-0.2, -0.15) is 0 Å². The van der Waals surface area contributed by atoms with Gasteiger partial charge in [0.15, 0.2) is 11.4 Å². The molecule has 1 amide bonds. The summed E-state index contributed by atoms with van der Waals surface area (Å²) in [5.41, 5.74) is 5.01. The minimum Gasteiger partial charge on any atom is -0.505 e. The predicted octanol–water partition coefficient (Wildman–Crippen LogP) is 2.92. The molecule has 0 radical (unpaired) electrons. The molecule has 7 nitrogen and oxygen atoms in total. The van der Waals surface area contributed by atoms with Crippen molar-refractivity contribution in [3.63, 3.8) is 0 Å². The second kappa shape index (κ2) is 7.78. The Labute approximate surface area is 143 Å². The molecule has 1 aromatic heterocycles. The number of aliphatic carboxylic acids is 1. The summed E-state index contributed by atoms with van der Waals surface area (Å²) >= 11 is 0. The van der Waals surface area contributed by atoms with Crippen LogP contribution in [0.5, 0.6) is 17.2 Å². The van der Waals surface area contributed by atoms with Gasteiger partial charge < -0.3 is 20.7 Å². The number of fused-ring (bicyclic) bond motifs is 1. The van der Waals surface area contributed by atoms with Crippen LogP contribution in [-0.4, -0.2) is 27.1 Å². The predicted molar refractivity (Wildman–Crippen MR) is 91.8 cm³/mol. The van der Waals surface area contributed by atoms with Crippen molar-refractivity contribution in [2.24, 2.45) is 5.73 Å². The van der Waals surface area contributed by atoms with Gasteiger partial charge in [-0.3, -0.25) is 9.59 Å². The van der Waals surface area contributed by atoms with E-state index in [4.69, 9.17) is 20.4 Å². The van der Waals surface area contributed by atoms with Crippen molar-refractivity contribution in [2.75, 3.05) is 0 Å². The number of aromatic nitrogens is 1. The summed E-state index contributed by atoms with van der Waals surface area (Å²) in [6.45, 7) is 1.08. The smallest absolute Gasteiger partial charge is 0.300 e. The van der Waals surface area contributed by atoms with E-state index in [9.17, 15) is 9.90 Å². The van der Waals surface area contributed by atoms with Gasteiger partial charge in [-0.15, -0.1) is 0 Å². The SMILES string of the molecule is CC(=O)O.NC(=O)c1ncc2cc(Oc3ccccc3)ccc2c1O. The van der Waals surface area contributed by atoms with Crippen molar-refractivity contribution in [3.05, 3.63) is 60.4 Å². The van der Waals surface area contributed by atoms with E-state index < -0.39 is 11.9 Å². The van der Waals surface area contributed by atoms with Gasteiger partial charge in [-0.1, -0.05) is 18.2 Å². The van der Waals surface area contributed by atoms with E-state index >= 15 is 0 Å². The number of primary amides is 1. The van der Waals surface area contributed by atoms with E-state index in [1.807, 2.05) is 30.3 Å². The normalized spacial score (nSPS) is 9.80. The third kappa shape index (κ3) is 4.68. The summed E-state index contributed by atoms with van der Waals surface area (Å²) in [5.74, 6) is -0.491. The maximum absolute atomic E-state index is 11.1. The monoisotopic (exact) mass is 340 g/mol. The van der Waals surface area contributed by atoms with Gasteiger partial charge in [0.25, 0.3) is 11.9 Å². The number of carbonyl (C=O) groups is 2. The summed E-state index contributed by atoms with van der Waals surface area (Å²) in [4.78, 5) is 24.0. The van der Waals surface area contributed by atoms with Crippen LogP contribution in [0.1, 0.15) is 17.4 Å². The molecule has 0 aliphatic heterocycles. The van der Waals surface area contributed by atoms with E-state index in [2.05, 4.69) is 4.98 Å². The molecule has 0 fully saturated rings. The van der Waals surface area contributed by atoms with Crippen LogP contribution < -0.4 is 10.5 Å². The first-order valence-corrected chi connectivity index (χ1v) is 7.22. The van der Waals surface area contributed by atoms with E-state index in [0.29, 0.717) is 22.3 Å². The largest absolute Gasteiger partial charge is 0.505 e. The van der Waals surface area contributed by atoms with Crippen LogP contribution in [0.4, 0.5) is 0 Å². The second-order valence-corrected chi connectivity index (χ2v) is 5.00. The van der Waals surface area contributed by atoms with Gasteiger partial charge in [0, 0.05) is 23.9 Å². The number of ether oxygens (including phenoxy) is 1. The molecule has 0 saturated heterocycles. The summed E-state index contributed by atoms with van der Waals surface area (Å²) in [7, 11) is 0. The number of carboxylic acid groups (broad SMARTS) is 1. The zero-order valence-electron chi connectivity index (χ0n) is 13.3. The lowest BCUT2D eigenvalue weighted by Gasteiger charge is -2.08. The highest BCUT2D eigenvalue weighted by molar-refractivity contribution is 6.00. The molecule has 25 heavy (non-hydrogen) atoms. The number of rotatable bonds is 3. The number of carbonyl (C=O) groups excluding carboxylic acids is 1. The fraction of sp³-hybridized carbons (Fsp3) is 0.0556. The second-order valence-electron chi connectivity index (χ2n) is 5.00. The molecule has 1 heterocycles. The molecule has 7 heteroatoms. The molecule has 4 N–H and O–H groups in total. The number of nitrogens with zero attached hydrogens (tertiary/aromatic N) is 1. The summed E-state index contributed by atoms with van der Waals surface area (Å²) in [6.07, 6.45) is 1.48. The third-order valence-corrected chi connectivity index (χ3v) is 3.05. The van der Waals surface area contributed by atoms with Crippen LogP contribution in [0.2, 0.25) is 0 Å². The fourth-order valence-corrected chi connectivity index (χ4v) is 2.05. The number of hydrogen-bond acceptors (Lipinski definition) is 5. The number of para-hydroxylation sites is 1. The Kier molecular flexibility index (Phi) is 5.52. The highest BCUT2D eigenvalue weighted by Gasteiger charge is 2.13. The van der Waals surface area contributed by atoms with Gasteiger partial charge >= 0.3 is 0 Å². The standard InChI is InChI=1S/C16H12N2O3.C2H4O2/c17-16(20)14-15(19)13-7-6-12(8-10(13)9-18-14)21-11-4-2-1-3-5-11;1-2(3)4/h1-9,19H,(H2,17,20);1H3,(H,3,4). The van der Waals surface area contributed by atoms with Crippen LogP contribution in [0.3, 0.4) is 0 Å². The van der Waals surface area contributed by atoms with Crippen LogP contribution in [0.25, 0.3) is 10.8 Å². The van der Waals surface area contributed by atoms with Crippen LogP contribution in [-0.2, 0) is 4.79 Å². The van der Waals surface area contributed by atoms with E-state index in [-0.39, 0.29) is 11.4 Å². The first-order valence-electron chi connectivity index (χ1n) is 7.22. The topological polar surface area (TPSA) is 123 Å². The number of carboxylic acids is 1. The van der Waals surface area contributed by atoms with Gasteiger partial charge in [-0.25, -0.2) is 4.98 Å². The van der Waals surface area contributed by atoms with E-state index in [0.717, 1.165) is 6.92 Å². The highest BCUT2D eigenvalue weighted by atomic mass is 16.5. The fourth-order valence-electron chi connectivity index (χ4n) is 2.05. The first kappa shape index (κ1) is 17.7. The van der Waals surface area contributed by atoms with Gasteiger partial charge in [0.2, 0.25) is 0 Å². The minimum atomic E-state index is -0.833. The number of amides is 1. The zero-order valence-corrected chi connectivity index (χ0v) is 13.3. The lowest BCUT2D eigenvalue weighted by molar-refractivity contribution is -0.134. The lowest BCUT2D eigenvalue weighted by atomic mass is 10.1. The summed E-state index contributed by atoms with van der Waals surface area (Å²) in [6, 6.07) is 14.5. The molecule has 0 spiro atoms. The molecule has 0 saturated carbocycles. The number of benzene rings is 2. The molecule has 0 aliphatic carbocycles. The lowest BCUT2D eigenvalue weighted by Crippen LogP contribution is -2.13. The summed E-state index contributed by atoms with van der Waals surface area (Å²) in [5, 5.41) is 18.6. The molecular weight excluding hydrogens is 324 g/mol. The Morgan fingerprint density at radius 1 is 1.08 bits per heavy atom. The molecule has 128 valence electrons.